The lowest BCUT2D eigenvalue weighted by Gasteiger charge is -2.33. The summed E-state index contributed by atoms with van der Waals surface area (Å²) in [6.07, 6.45) is 2.11. The number of phenolic OH excluding ortho intramolecular Hbond substituents is 1. The average molecular weight is 289 g/mol. The number of benzene rings is 1. The molecule has 0 saturated heterocycles. The lowest BCUT2D eigenvalue weighted by atomic mass is 9.77. The maximum absolute atomic E-state index is 10.7. The van der Waals surface area contributed by atoms with Gasteiger partial charge in [-0.1, -0.05) is 6.42 Å². The molecular formula is C12H17ClN2O4. The van der Waals surface area contributed by atoms with Gasteiger partial charge in [0.2, 0.25) is 0 Å². The smallest absolute Gasteiger partial charge is 0.270 e. The Balaban J connectivity index is 0.00000180. The Morgan fingerprint density at radius 2 is 2.05 bits per heavy atom. The van der Waals surface area contributed by atoms with Gasteiger partial charge in [0, 0.05) is 17.7 Å². The van der Waals surface area contributed by atoms with Gasteiger partial charge in [0.15, 0.2) is 0 Å². The molecule has 1 aromatic rings. The number of halogens is 1. The van der Waals surface area contributed by atoms with Crippen molar-refractivity contribution in [2.45, 2.75) is 31.4 Å². The first-order chi connectivity index (χ1) is 8.50. The number of nitrogens with zero attached hydrogens (tertiary/aromatic N) is 1. The number of non-ortho nitro benzene ring substituents is 1. The molecule has 1 fully saturated rings. The Kier molecular flexibility index (Phi) is 5.11. The second-order valence-corrected chi connectivity index (χ2v) is 4.71. The highest BCUT2D eigenvalue weighted by Gasteiger charge is 2.32. The van der Waals surface area contributed by atoms with Crippen LogP contribution in [-0.4, -0.2) is 21.2 Å². The molecule has 1 aromatic carbocycles. The second-order valence-electron chi connectivity index (χ2n) is 4.71. The first kappa shape index (κ1) is 15.7. The van der Waals surface area contributed by atoms with Crippen LogP contribution in [0.4, 0.5) is 5.69 Å². The van der Waals surface area contributed by atoms with Crippen molar-refractivity contribution in [2.75, 3.05) is 0 Å². The molecule has 0 spiro atoms. The number of hydrogen-bond donors (Lipinski definition) is 3. The number of rotatable bonds is 4. The summed E-state index contributed by atoms with van der Waals surface area (Å²) in [4.78, 5) is 10.1. The molecule has 0 bridgehead atoms. The average Bonchev–Trinajstić information content (AvgIpc) is 2.26. The van der Waals surface area contributed by atoms with Crippen LogP contribution in [0.3, 0.4) is 0 Å². The number of aliphatic hydroxyl groups excluding tert-OH is 1. The van der Waals surface area contributed by atoms with E-state index in [1.807, 2.05) is 0 Å². The summed E-state index contributed by atoms with van der Waals surface area (Å²) in [5.74, 6) is 0.00476. The highest BCUT2D eigenvalue weighted by Crippen LogP contribution is 2.37. The highest BCUT2D eigenvalue weighted by atomic mass is 35.5. The van der Waals surface area contributed by atoms with Crippen molar-refractivity contribution in [3.8, 4) is 5.75 Å². The van der Waals surface area contributed by atoms with E-state index in [1.54, 1.807) is 0 Å². The summed E-state index contributed by atoms with van der Waals surface area (Å²) < 4.78 is 0. The molecule has 2 atom stereocenters. The van der Waals surface area contributed by atoms with E-state index in [4.69, 9.17) is 5.73 Å². The monoisotopic (exact) mass is 288 g/mol. The number of nitrogens with two attached hydrogens (primary N) is 1. The van der Waals surface area contributed by atoms with Crippen LogP contribution in [0.5, 0.6) is 5.75 Å². The SMILES string of the molecule is Cl.N[C@H](c1cc([N+](=O)[O-])ccc1O)[C@@H](O)C1CCC1. The van der Waals surface area contributed by atoms with Crippen LogP contribution in [0, 0.1) is 16.0 Å². The lowest BCUT2D eigenvalue weighted by Crippen LogP contribution is -2.36. The van der Waals surface area contributed by atoms with Crippen LogP contribution in [0.15, 0.2) is 18.2 Å². The third-order valence-electron chi connectivity index (χ3n) is 3.58. The van der Waals surface area contributed by atoms with Crippen molar-refractivity contribution in [1.82, 2.24) is 0 Å². The molecule has 19 heavy (non-hydrogen) atoms. The van der Waals surface area contributed by atoms with Crippen LogP contribution in [-0.2, 0) is 0 Å². The first-order valence-electron chi connectivity index (χ1n) is 5.91. The van der Waals surface area contributed by atoms with Gasteiger partial charge in [0.1, 0.15) is 5.75 Å². The lowest BCUT2D eigenvalue weighted by molar-refractivity contribution is -0.385. The maximum Gasteiger partial charge on any atom is 0.270 e. The molecule has 0 amide bonds. The summed E-state index contributed by atoms with van der Waals surface area (Å²) in [5, 5.41) is 30.4. The number of hydrogen-bond acceptors (Lipinski definition) is 5. The highest BCUT2D eigenvalue weighted by molar-refractivity contribution is 5.85. The van der Waals surface area contributed by atoms with Gasteiger partial charge in [0.25, 0.3) is 5.69 Å². The summed E-state index contributed by atoms with van der Waals surface area (Å²) >= 11 is 0. The minimum absolute atomic E-state index is 0. The third-order valence-corrected chi connectivity index (χ3v) is 3.58. The zero-order valence-corrected chi connectivity index (χ0v) is 11.0. The molecule has 1 saturated carbocycles. The van der Waals surface area contributed by atoms with Gasteiger partial charge >= 0.3 is 0 Å². The van der Waals surface area contributed by atoms with Crippen LogP contribution in [0.2, 0.25) is 0 Å². The van der Waals surface area contributed by atoms with Gasteiger partial charge in [-0.2, -0.15) is 0 Å². The van der Waals surface area contributed by atoms with Gasteiger partial charge in [-0.3, -0.25) is 10.1 Å². The standard InChI is InChI=1S/C12H16N2O4.ClH/c13-11(12(16)7-2-1-3-7)9-6-8(14(17)18)4-5-10(9)15;/h4-7,11-12,15-16H,1-3,13H2;1H/t11-,12+;/m1./s1. The molecule has 0 aromatic heterocycles. The number of nitro groups is 1. The quantitative estimate of drug-likeness (QED) is 0.579. The fraction of sp³-hybridized carbons (Fsp3) is 0.500. The van der Waals surface area contributed by atoms with E-state index in [1.165, 1.54) is 18.2 Å². The van der Waals surface area contributed by atoms with Gasteiger partial charge in [-0.25, -0.2) is 0 Å². The molecule has 2 rings (SSSR count). The van der Waals surface area contributed by atoms with E-state index < -0.39 is 17.1 Å². The van der Waals surface area contributed by atoms with E-state index in [0.717, 1.165) is 19.3 Å². The second kappa shape index (κ2) is 6.18. The predicted molar refractivity (Wildman–Crippen MR) is 72.3 cm³/mol. The fourth-order valence-electron chi connectivity index (χ4n) is 2.18. The Hall–Kier alpha value is -1.37. The zero-order chi connectivity index (χ0) is 13.3. The number of phenols is 1. The summed E-state index contributed by atoms with van der Waals surface area (Å²) in [6.45, 7) is 0. The van der Waals surface area contributed by atoms with Crippen LogP contribution < -0.4 is 5.73 Å². The van der Waals surface area contributed by atoms with Crippen molar-refractivity contribution in [2.24, 2.45) is 11.7 Å². The van der Waals surface area contributed by atoms with E-state index >= 15 is 0 Å². The molecular weight excluding hydrogens is 272 g/mol. The van der Waals surface area contributed by atoms with Crippen molar-refractivity contribution < 1.29 is 15.1 Å². The molecule has 4 N–H and O–H groups in total. The zero-order valence-electron chi connectivity index (χ0n) is 10.2. The molecule has 1 aliphatic carbocycles. The van der Waals surface area contributed by atoms with Crippen LogP contribution in [0.25, 0.3) is 0 Å². The van der Waals surface area contributed by atoms with E-state index in [9.17, 15) is 20.3 Å². The minimum Gasteiger partial charge on any atom is -0.508 e. The Bertz CT molecular complexity index is 465. The van der Waals surface area contributed by atoms with Crippen molar-refractivity contribution >= 4 is 18.1 Å². The third kappa shape index (κ3) is 3.15. The fourth-order valence-corrected chi connectivity index (χ4v) is 2.18. The molecule has 0 unspecified atom stereocenters. The van der Waals surface area contributed by atoms with Gasteiger partial charge in [0.05, 0.1) is 17.1 Å². The van der Waals surface area contributed by atoms with Gasteiger partial charge in [-0.05, 0) is 24.8 Å². The largest absolute Gasteiger partial charge is 0.508 e. The summed E-state index contributed by atoms with van der Waals surface area (Å²) in [5.41, 5.74) is 5.97. The van der Waals surface area contributed by atoms with Gasteiger partial charge < -0.3 is 15.9 Å². The minimum atomic E-state index is -0.796. The van der Waals surface area contributed by atoms with Crippen molar-refractivity contribution in [3.63, 3.8) is 0 Å². The number of aliphatic hydroxyl groups is 1. The van der Waals surface area contributed by atoms with E-state index in [2.05, 4.69) is 0 Å². The predicted octanol–water partition coefficient (Wildman–Crippen LogP) is 1.88. The molecule has 106 valence electrons. The Morgan fingerprint density at radius 3 is 2.53 bits per heavy atom. The van der Waals surface area contributed by atoms with Crippen LogP contribution in [0.1, 0.15) is 30.9 Å². The van der Waals surface area contributed by atoms with Crippen LogP contribution >= 0.6 is 12.4 Å². The topological polar surface area (TPSA) is 110 Å². The van der Waals surface area contributed by atoms with E-state index in [0.29, 0.717) is 0 Å². The summed E-state index contributed by atoms with van der Waals surface area (Å²) in [6, 6.07) is 2.87. The number of nitro benzene ring substituents is 1. The summed E-state index contributed by atoms with van der Waals surface area (Å²) in [7, 11) is 0. The normalized spacial score (nSPS) is 18.0. The molecule has 0 radical (unpaired) electrons. The Labute approximate surface area is 116 Å². The van der Waals surface area contributed by atoms with Crippen molar-refractivity contribution in [1.29, 1.82) is 0 Å². The molecule has 0 heterocycles. The number of aromatic hydroxyl groups is 1. The first-order valence-corrected chi connectivity index (χ1v) is 5.91. The Morgan fingerprint density at radius 1 is 1.42 bits per heavy atom. The van der Waals surface area contributed by atoms with Gasteiger partial charge in [-0.15, -0.1) is 12.4 Å². The molecule has 1 aliphatic rings. The molecule has 7 heteroatoms. The molecule has 6 nitrogen and oxygen atoms in total. The van der Waals surface area contributed by atoms with E-state index in [-0.39, 0.29) is 35.3 Å². The molecule has 0 aliphatic heterocycles. The maximum atomic E-state index is 10.7. The van der Waals surface area contributed by atoms with Crippen molar-refractivity contribution in [3.05, 3.63) is 33.9 Å².